The van der Waals surface area contributed by atoms with E-state index in [0.29, 0.717) is 49.7 Å². The van der Waals surface area contributed by atoms with Crippen molar-refractivity contribution in [3.8, 4) is 5.75 Å². The first kappa shape index (κ1) is 27.9. The third-order valence-electron chi connectivity index (χ3n) is 8.63. The molecule has 9 heteroatoms. The Kier molecular flexibility index (Phi) is 7.42. The van der Waals surface area contributed by atoms with Crippen LogP contribution in [-0.2, 0) is 19.7 Å². The number of Topliss-reactive ketones (excluding diaryl/α,β-unsaturated/α-hetero) is 1. The van der Waals surface area contributed by atoms with Crippen LogP contribution in [0.4, 0.5) is 5.69 Å². The number of carbonyl (C=O) groups is 2. The Bertz CT molecular complexity index is 1330. The molecule has 1 aromatic rings. The van der Waals surface area contributed by atoms with Crippen molar-refractivity contribution in [1.82, 2.24) is 5.01 Å². The topological polar surface area (TPSA) is 93.0 Å². The number of rotatable bonds is 8. The molecule has 6 rings (SSSR count). The van der Waals surface area contributed by atoms with Gasteiger partial charge in [-0.1, -0.05) is 20.8 Å². The van der Waals surface area contributed by atoms with E-state index in [0.717, 1.165) is 67.1 Å². The molecule has 1 amide bonds. The maximum Gasteiger partial charge on any atom is 0.254 e. The summed E-state index contributed by atoms with van der Waals surface area (Å²) in [5.41, 5.74) is 5.30. The van der Waals surface area contributed by atoms with E-state index in [1.165, 1.54) is 10.6 Å². The minimum absolute atomic E-state index is 0.101. The van der Waals surface area contributed by atoms with Gasteiger partial charge in [-0.15, -0.1) is 0 Å². The first-order valence-electron chi connectivity index (χ1n) is 15.1. The zero-order chi connectivity index (χ0) is 28.9. The molecule has 2 aliphatic carbocycles. The van der Waals surface area contributed by atoms with Crippen LogP contribution in [0.5, 0.6) is 5.75 Å². The number of hydrogen-bond donors (Lipinski definition) is 0. The molecular formula is C32H42N4O5. The average Bonchev–Trinajstić information content (AvgIpc) is 3.87. The molecule has 3 aliphatic heterocycles. The van der Waals surface area contributed by atoms with Crippen molar-refractivity contribution in [1.29, 1.82) is 0 Å². The first-order chi connectivity index (χ1) is 19.7. The van der Waals surface area contributed by atoms with Crippen LogP contribution in [0.2, 0.25) is 0 Å². The number of ketones is 1. The molecule has 9 nitrogen and oxygen atoms in total. The average molecular weight is 563 g/mol. The number of carbonyl (C=O) groups excluding carboxylic acids is 2. The Morgan fingerprint density at radius 3 is 2.37 bits per heavy atom. The van der Waals surface area contributed by atoms with Gasteiger partial charge in [0.05, 0.1) is 44.9 Å². The lowest BCUT2D eigenvalue weighted by Crippen LogP contribution is -2.37. The minimum Gasteiger partial charge on any atom is -0.494 e. The summed E-state index contributed by atoms with van der Waals surface area (Å²) in [6, 6.07) is 3.84. The third kappa shape index (κ3) is 5.41. The van der Waals surface area contributed by atoms with Gasteiger partial charge in [-0.05, 0) is 67.6 Å². The van der Waals surface area contributed by atoms with Crippen LogP contribution < -0.4 is 9.64 Å². The first-order valence-corrected chi connectivity index (χ1v) is 15.1. The second-order valence-corrected chi connectivity index (χ2v) is 12.7. The van der Waals surface area contributed by atoms with Crippen molar-refractivity contribution >= 4 is 29.0 Å². The summed E-state index contributed by atoms with van der Waals surface area (Å²) < 4.78 is 17.5. The van der Waals surface area contributed by atoms with E-state index in [-0.39, 0.29) is 23.7 Å². The number of hydrogen-bond acceptors (Lipinski definition) is 8. The van der Waals surface area contributed by atoms with E-state index in [4.69, 9.17) is 24.3 Å². The highest BCUT2D eigenvalue weighted by atomic mass is 16.5. The van der Waals surface area contributed by atoms with Gasteiger partial charge in [0.25, 0.3) is 5.91 Å². The molecule has 5 aliphatic rings. The second-order valence-electron chi connectivity index (χ2n) is 12.7. The third-order valence-corrected chi connectivity index (χ3v) is 8.63. The van der Waals surface area contributed by atoms with Crippen LogP contribution in [-0.4, -0.2) is 81.4 Å². The summed E-state index contributed by atoms with van der Waals surface area (Å²) in [6.45, 7) is 11.8. The molecule has 2 saturated carbocycles. The van der Waals surface area contributed by atoms with Crippen LogP contribution in [0, 0.1) is 17.8 Å². The van der Waals surface area contributed by atoms with Crippen molar-refractivity contribution < 1.29 is 23.8 Å². The van der Waals surface area contributed by atoms with Gasteiger partial charge in [0, 0.05) is 29.8 Å². The van der Waals surface area contributed by atoms with Gasteiger partial charge in [-0.25, -0.2) is 5.01 Å². The fourth-order valence-electron chi connectivity index (χ4n) is 6.22. The molecule has 41 heavy (non-hydrogen) atoms. The van der Waals surface area contributed by atoms with Crippen molar-refractivity contribution in [2.45, 2.75) is 58.8 Å². The number of anilines is 1. The number of benzene rings is 1. The smallest absolute Gasteiger partial charge is 0.254 e. The SMILES string of the molecule is CCOC1=NCC2C(=O)N(CC(=O)c3cc(N4CCOCC4)c(OC)c(C(C)(C)C)c3)N=C2C(C2CC2)=C1C1CC1. The van der Waals surface area contributed by atoms with E-state index in [1.54, 1.807) is 7.11 Å². The molecule has 0 N–H and O–H groups in total. The lowest BCUT2D eigenvalue weighted by atomic mass is 9.84. The van der Waals surface area contributed by atoms with Gasteiger partial charge in [-0.3, -0.25) is 14.6 Å². The molecule has 3 heterocycles. The monoisotopic (exact) mass is 562 g/mol. The largest absolute Gasteiger partial charge is 0.494 e. The quantitative estimate of drug-likeness (QED) is 0.437. The highest BCUT2D eigenvalue weighted by Gasteiger charge is 2.48. The Morgan fingerprint density at radius 1 is 1.07 bits per heavy atom. The Hall–Kier alpha value is -3.20. The fourth-order valence-corrected chi connectivity index (χ4v) is 6.22. The number of hydrazone groups is 1. The highest BCUT2D eigenvalue weighted by Crippen LogP contribution is 2.49. The van der Waals surface area contributed by atoms with E-state index >= 15 is 0 Å². The molecule has 1 saturated heterocycles. The van der Waals surface area contributed by atoms with Gasteiger partial charge >= 0.3 is 0 Å². The zero-order valence-electron chi connectivity index (χ0n) is 25.0. The van der Waals surface area contributed by atoms with Gasteiger partial charge in [-0.2, -0.15) is 5.10 Å². The van der Waals surface area contributed by atoms with Gasteiger partial charge in [0.1, 0.15) is 18.2 Å². The number of morpholine rings is 1. The maximum absolute atomic E-state index is 13.9. The number of ether oxygens (including phenoxy) is 3. The molecule has 0 radical (unpaired) electrons. The number of nitrogens with zero attached hydrogens (tertiary/aromatic N) is 4. The van der Waals surface area contributed by atoms with Crippen LogP contribution in [0.25, 0.3) is 0 Å². The van der Waals surface area contributed by atoms with E-state index in [9.17, 15) is 9.59 Å². The molecule has 3 fully saturated rings. The molecule has 0 spiro atoms. The number of amides is 1. The van der Waals surface area contributed by atoms with E-state index < -0.39 is 5.92 Å². The Labute approximate surface area is 242 Å². The summed E-state index contributed by atoms with van der Waals surface area (Å²) >= 11 is 0. The van der Waals surface area contributed by atoms with E-state index in [1.807, 2.05) is 19.1 Å². The van der Waals surface area contributed by atoms with Crippen LogP contribution in [0.15, 0.2) is 33.4 Å². The van der Waals surface area contributed by atoms with Crippen molar-refractivity contribution in [2.75, 3.05) is 58.0 Å². The second kappa shape index (κ2) is 10.9. The summed E-state index contributed by atoms with van der Waals surface area (Å²) in [5.74, 6) is 1.55. The fraction of sp³-hybridized carbons (Fsp3) is 0.625. The maximum atomic E-state index is 13.9. The summed E-state index contributed by atoms with van der Waals surface area (Å²) in [5, 5.41) is 6.27. The van der Waals surface area contributed by atoms with Crippen molar-refractivity contribution in [2.24, 2.45) is 27.8 Å². The molecule has 0 bridgehead atoms. The number of methoxy groups -OCH3 is 1. The molecule has 1 atom stereocenters. The number of aliphatic imine (C=N–C) groups is 1. The van der Waals surface area contributed by atoms with Crippen LogP contribution >= 0.6 is 0 Å². The minimum atomic E-state index is -0.463. The lowest BCUT2D eigenvalue weighted by molar-refractivity contribution is -0.131. The number of allylic oxidation sites excluding steroid dienone is 1. The Morgan fingerprint density at radius 2 is 1.76 bits per heavy atom. The highest BCUT2D eigenvalue weighted by molar-refractivity contribution is 6.21. The van der Waals surface area contributed by atoms with E-state index in [2.05, 4.69) is 25.7 Å². The predicted molar refractivity (Wildman–Crippen MR) is 158 cm³/mol. The normalized spacial score (nSPS) is 23.2. The van der Waals surface area contributed by atoms with Crippen LogP contribution in [0.3, 0.4) is 0 Å². The van der Waals surface area contributed by atoms with Gasteiger partial charge in [0.15, 0.2) is 5.78 Å². The predicted octanol–water partition coefficient (Wildman–Crippen LogP) is 4.39. The lowest BCUT2D eigenvalue weighted by Gasteiger charge is -2.33. The standard InChI is InChI=1S/C32H42N4O5/c1-6-41-30-27(20-9-10-20)26(19-7-8-19)28-22(17-33-30)31(38)36(34-28)18-25(37)21-15-23(32(2,3)4)29(39-5)24(16-21)35-11-13-40-14-12-35/h15-16,19-20,22H,6-14,17-18H2,1-5H3. The molecule has 1 unspecified atom stereocenters. The molecule has 1 aromatic carbocycles. The zero-order valence-corrected chi connectivity index (χ0v) is 25.0. The van der Waals surface area contributed by atoms with Crippen molar-refractivity contribution in [3.05, 3.63) is 34.4 Å². The van der Waals surface area contributed by atoms with Gasteiger partial charge in [0.2, 0.25) is 5.90 Å². The summed E-state index contributed by atoms with van der Waals surface area (Å²) in [6.07, 6.45) is 4.42. The number of fused-ring (bicyclic) bond motifs is 1. The summed E-state index contributed by atoms with van der Waals surface area (Å²) in [7, 11) is 1.68. The molecule has 220 valence electrons. The van der Waals surface area contributed by atoms with Crippen molar-refractivity contribution in [3.63, 3.8) is 0 Å². The van der Waals surface area contributed by atoms with Crippen LogP contribution in [0.1, 0.15) is 69.3 Å². The van der Waals surface area contributed by atoms with Gasteiger partial charge < -0.3 is 19.1 Å². The molecular weight excluding hydrogens is 520 g/mol. The Balaban J connectivity index is 1.34. The molecule has 0 aromatic heterocycles. The summed E-state index contributed by atoms with van der Waals surface area (Å²) in [4.78, 5) is 34.6.